The van der Waals surface area contributed by atoms with Crippen LogP contribution in [0.15, 0.2) is 22.8 Å². The number of hydrogen-bond donors (Lipinski definition) is 1. The quantitative estimate of drug-likeness (QED) is 0.919. The standard InChI is InChI=1S/C16H19N3O4/c1-3-10-8-11(18(2)17-10)9-14(20)19-6-4-13-12(5-7-23-13)15(19)16(21)22/h5,7-8,15H,3-4,6,9H2,1-2H3,(H,21,22). The largest absolute Gasteiger partial charge is 0.479 e. The number of aliphatic carboxylic acids is 1. The van der Waals surface area contributed by atoms with Crippen LogP contribution in [0.1, 0.15) is 35.7 Å². The fourth-order valence-corrected chi connectivity index (χ4v) is 3.02. The van der Waals surface area contributed by atoms with Crippen LogP contribution in [-0.2, 0) is 35.9 Å². The van der Waals surface area contributed by atoms with Gasteiger partial charge in [0.25, 0.3) is 0 Å². The number of rotatable bonds is 4. The molecule has 122 valence electrons. The predicted molar refractivity (Wildman–Crippen MR) is 80.8 cm³/mol. The molecular formula is C16H19N3O4. The summed E-state index contributed by atoms with van der Waals surface area (Å²) in [6, 6.07) is 2.54. The van der Waals surface area contributed by atoms with Crippen LogP contribution < -0.4 is 0 Å². The molecule has 0 saturated carbocycles. The van der Waals surface area contributed by atoms with E-state index < -0.39 is 12.0 Å². The van der Waals surface area contributed by atoms with Crippen LogP contribution in [0, 0.1) is 0 Å². The van der Waals surface area contributed by atoms with E-state index in [1.165, 1.54) is 11.2 Å². The molecule has 7 heteroatoms. The lowest BCUT2D eigenvalue weighted by Crippen LogP contribution is -2.44. The molecule has 1 unspecified atom stereocenters. The molecule has 0 radical (unpaired) electrons. The molecule has 0 saturated heterocycles. The summed E-state index contributed by atoms with van der Waals surface area (Å²) in [5.41, 5.74) is 2.27. The summed E-state index contributed by atoms with van der Waals surface area (Å²) in [5.74, 6) is -0.606. The Morgan fingerprint density at radius 2 is 2.26 bits per heavy atom. The second kappa shape index (κ2) is 5.91. The molecule has 1 aliphatic rings. The smallest absolute Gasteiger partial charge is 0.331 e. The van der Waals surface area contributed by atoms with Crippen molar-refractivity contribution in [3.63, 3.8) is 0 Å². The molecule has 3 rings (SSSR count). The number of carbonyl (C=O) groups excluding carboxylic acids is 1. The highest BCUT2D eigenvalue weighted by molar-refractivity contribution is 5.86. The van der Waals surface area contributed by atoms with Crippen LogP contribution in [0.25, 0.3) is 0 Å². The summed E-state index contributed by atoms with van der Waals surface area (Å²) >= 11 is 0. The SMILES string of the molecule is CCc1cc(CC(=O)N2CCc3occc3C2C(=O)O)n(C)n1. The van der Waals surface area contributed by atoms with Crippen molar-refractivity contribution in [3.05, 3.63) is 41.1 Å². The van der Waals surface area contributed by atoms with E-state index >= 15 is 0 Å². The molecular weight excluding hydrogens is 298 g/mol. The number of aromatic nitrogens is 2. The molecule has 2 aromatic rings. The van der Waals surface area contributed by atoms with E-state index in [-0.39, 0.29) is 12.3 Å². The number of amides is 1. The van der Waals surface area contributed by atoms with Gasteiger partial charge in [0.15, 0.2) is 6.04 Å². The Hall–Kier alpha value is -2.57. The normalized spacial score (nSPS) is 17.1. The van der Waals surface area contributed by atoms with E-state index in [4.69, 9.17) is 4.42 Å². The first-order chi connectivity index (χ1) is 11.0. The third kappa shape index (κ3) is 2.74. The van der Waals surface area contributed by atoms with Crippen molar-refractivity contribution < 1.29 is 19.1 Å². The summed E-state index contributed by atoms with van der Waals surface area (Å²) in [6.07, 6.45) is 2.94. The third-order valence-corrected chi connectivity index (χ3v) is 4.24. The number of carboxylic acid groups (broad SMARTS) is 1. The highest BCUT2D eigenvalue weighted by atomic mass is 16.4. The molecule has 2 aromatic heterocycles. The summed E-state index contributed by atoms with van der Waals surface area (Å²) in [5, 5.41) is 13.9. The van der Waals surface area contributed by atoms with Gasteiger partial charge in [-0.15, -0.1) is 0 Å². The van der Waals surface area contributed by atoms with Crippen molar-refractivity contribution in [2.75, 3.05) is 6.54 Å². The molecule has 0 aromatic carbocycles. The number of carboxylic acids is 1. The lowest BCUT2D eigenvalue weighted by molar-refractivity contribution is -0.151. The Bertz CT molecular complexity index is 746. The minimum atomic E-state index is -1.04. The highest BCUT2D eigenvalue weighted by Crippen LogP contribution is 2.31. The summed E-state index contributed by atoms with van der Waals surface area (Å²) in [6.45, 7) is 2.34. The van der Waals surface area contributed by atoms with Gasteiger partial charge in [0, 0.05) is 31.3 Å². The molecule has 0 fully saturated rings. The molecule has 1 atom stereocenters. The van der Waals surface area contributed by atoms with Crippen molar-refractivity contribution >= 4 is 11.9 Å². The first-order valence-electron chi connectivity index (χ1n) is 7.61. The predicted octanol–water partition coefficient (Wildman–Crippen LogP) is 1.33. The minimum absolute atomic E-state index is 0.139. The molecule has 7 nitrogen and oxygen atoms in total. The van der Waals surface area contributed by atoms with Gasteiger partial charge in [0.2, 0.25) is 5.91 Å². The maximum absolute atomic E-state index is 12.7. The number of hydrogen-bond acceptors (Lipinski definition) is 4. The van der Waals surface area contributed by atoms with E-state index in [9.17, 15) is 14.7 Å². The van der Waals surface area contributed by atoms with Crippen molar-refractivity contribution in [1.29, 1.82) is 0 Å². The van der Waals surface area contributed by atoms with E-state index in [0.717, 1.165) is 17.8 Å². The number of furan rings is 1. The Labute approximate surface area is 133 Å². The molecule has 23 heavy (non-hydrogen) atoms. The zero-order valence-electron chi connectivity index (χ0n) is 13.2. The van der Waals surface area contributed by atoms with Crippen molar-refractivity contribution in [1.82, 2.24) is 14.7 Å². The van der Waals surface area contributed by atoms with E-state index in [2.05, 4.69) is 5.10 Å². The Morgan fingerprint density at radius 3 is 2.91 bits per heavy atom. The zero-order chi connectivity index (χ0) is 16.6. The van der Waals surface area contributed by atoms with E-state index in [0.29, 0.717) is 24.3 Å². The summed E-state index contributed by atoms with van der Waals surface area (Å²) in [4.78, 5) is 25.7. The maximum Gasteiger partial charge on any atom is 0.331 e. The number of nitrogens with zero attached hydrogens (tertiary/aromatic N) is 3. The van der Waals surface area contributed by atoms with Crippen LogP contribution >= 0.6 is 0 Å². The van der Waals surface area contributed by atoms with Crippen LogP contribution in [0.5, 0.6) is 0 Å². The van der Waals surface area contributed by atoms with Gasteiger partial charge in [-0.05, 0) is 18.6 Å². The molecule has 1 N–H and O–H groups in total. The Kier molecular flexibility index (Phi) is 3.94. The number of fused-ring (bicyclic) bond motifs is 1. The van der Waals surface area contributed by atoms with Crippen LogP contribution in [0.2, 0.25) is 0 Å². The molecule has 0 aliphatic carbocycles. The van der Waals surface area contributed by atoms with Crippen LogP contribution in [0.4, 0.5) is 0 Å². The van der Waals surface area contributed by atoms with Crippen molar-refractivity contribution in [3.8, 4) is 0 Å². The van der Waals surface area contributed by atoms with Gasteiger partial charge in [-0.25, -0.2) is 4.79 Å². The first kappa shape index (κ1) is 15.3. The lowest BCUT2D eigenvalue weighted by Gasteiger charge is -2.32. The Morgan fingerprint density at radius 1 is 1.48 bits per heavy atom. The monoisotopic (exact) mass is 317 g/mol. The second-order valence-corrected chi connectivity index (χ2v) is 5.66. The highest BCUT2D eigenvalue weighted by Gasteiger charge is 2.37. The van der Waals surface area contributed by atoms with Crippen molar-refractivity contribution in [2.45, 2.75) is 32.2 Å². The van der Waals surface area contributed by atoms with Gasteiger partial charge in [-0.1, -0.05) is 6.92 Å². The average molecular weight is 317 g/mol. The lowest BCUT2D eigenvalue weighted by atomic mass is 9.99. The van der Waals surface area contributed by atoms with Gasteiger partial charge in [0.1, 0.15) is 5.76 Å². The van der Waals surface area contributed by atoms with Gasteiger partial charge in [-0.2, -0.15) is 5.10 Å². The average Bonchev–Trinajstić information content (AvgIpc) is 3.12. The summed E-state index contributed by atoms with van der Waals surface area (Å²) in [7, 11) is 1.79. The second-order valence-electron chi connectivity index (χ2n) is 5.66. The van der Waals surface area contributed by atoms with Gasteiger partial charge in [-0.3, -0.25) is 9.48 Å². The molecule has 0 spiro atoms. The van der Waals surface area contributed by atoms with Crippen molar-refractivity contribution in [2.24, 2.45) is 7.05 Å². The maximum atomic E-state index is 12.7. The minimum Gasteiger partial charge on any atom is -0.479 e. The van der Waals surface area contributed by atoms with E-state index in [1.807, 2.05) is 13.0 Å². The van der Waals surface area contributed by atoms with Gasteiger partial charge in [0.05, 0.1) is 18.4 Å². The third-order valence-electron chi connectivity index (χ3n) is 4.24. The number of aryl methyl sites for hydroxylation is 2. The fourth-order valence-electron chi connectivity index (χ4n) is 3.02. The topological polar surface area (TPSA) is 88.6 Å². The number of carbonyl (C=O) groups is 2. The van der Waals surface area contributed by atoms with Crippen LogP contribution in [-0.4, -0.2) is 38.2 Å². The molecule has 1 aliphatic heterocycles. The van der Waals surface area contributed by atoms with Gasteiger partial charge >= 0.3 is 5.97 Å². The molecule has 1 amide bonds. The van der Waals surface area contributed by atoms with E-state index in [1.54, 1.807) is 17.8 Å². The van der Waals surface area contributed by atoms with Crippen LogP contribution in [0.3, 0.4) is 0 Å². The zero-order valence-corrected chi connectivity index (χ0v) is 13.2. The molecule has 0 bridgehead atoms. The van der Waals surface area contributed by atoms with Gasteiger partial charge < -0.3 is 14.4 Å². The molecule has 3 heterocycles. The fraction of sp³-hybridized carbons (Fsp3) is 0.438. The summed E-state index contributed by atoms with van der Waals surface area (Å²) < 4.78 is 6.98. The Balaban J connectivity index is 1.84. The first-order valence-corrected chi connectivity index (χ1v) is 7.61.